The van der Waals surface area contributed by atoms with Gasteiger partial charge in [-0.25, -0.2) is 4.79 Å². The zero-order chi connectivity index (χ0) is 24.2. The molecule has 0 amide bonds. The fourth-order valence-electron chi connectivity index (χ4n) is 1.05. The number of hydrogen-bond acceptors (Lipinski definition) is 8. The Balaban J connectivity index is -0.000000156. The third-order valence-electron chi connectivity index (χ3n) is 2.36. The summed E-state index contributed by atoms with van der Waals surface area (Å²) in [6, 6.07) is 0. The molecule has 0 spiro atoms. The SMILES string of the molecule is CCCOC(=O)CC.CCCOC(=O)CC.CCCOC(=O)OCCC.S=C(S)S. The number of esters is 2. The van der Waals surface area contributed by atoms with Crippen LogP contribution in [0.15, 0.2) is 0 Å². The molecule has 0 fully saturated rings. The van der Waals surface area contributed by atoms with Crippen LogP contribution in [0.25, 0.3) is 0 Å². The van der Waals surface area contributed by atoms with Gasteiger partial charge in [0.15, 0.2) is 0 Å². The Morgan fingerprint density at radius 2 is 0.833 bits per heavy atom. The molecule has 0 N–H and O–H groups in total. The standard InChI is InChI=1S/C7H14O3.2C6H12O2.CH2S3/c1-3-5-9-7(8)10-6-4-2;2*1-3-5-8-6(7)4-2;2-1(3)4/h3-6H2,1-2H3;2*3-5H2,1-2H3;(H2,2,3,4). The lowest BCUT2D eigenvalue weighted by Gasteiger charge is -2.02. The van der Waals surface area contributed by atoms with Crippen LogP contribution in [-0.2, 0) is 28.5 Å². The van der Waals surface area contributed by atoms with Crippen molar-refractivity contribution in [2.45, 2.75) is 80.1 Å². The van der Waals surface area contributed by atoms with Crippen LogP contribution in [0.5, 0.6) is 0 Å². The Kier molecular flexibility index (Phi) is 39.6. The Labute approximate surface area is 198 Å². The van der Waals surface area contributed by atoms with Crippen molar-refractivity contribution in [2.24, 2.45) is 0 Å². The lowest BCUT2D eigenvalue weighted by molar-refractivity contribution is -0.144. The number of carbonyl (C=O) groups is 3. The Bertz CT molecular complexity index is 385. The smallest absolute Gasteiger partial charge is 0.466 e. The van der Waals surface area contributed by atoms with E-state index in [0.29, 0.717) is 42.8 Å². The van der Waals surface area contributed by atoms with Crippen LogP contribution in [0, 0.1) is 0 Å². The summed E-state index contributed by atoms with van der Waals surface area (Å²) in [4.78, 5) is 31.2. The molecule has 7 nitrogen and oxygen atoms in total. The molecule has 0 aromatic heterocycles. The van der Waals surface area contributed by atoms with Gasteiger partial charge in [-0.2, -0.15) is 0 Å². The minimum absolute atomic E-state index is 0.105. The summed E-state index contributed by atoms with van der Waals surface area (Å²) < 4.78 is 19.1. The fourth-order valence-corrected chi connectivity index (χ4v) is 1.05. The maximum atomic E-state index is 10.5. The molecule has 0 aromatic rings. The van der Waals surface area contributed by atoms with E-state index in [1.807, 2.05) is 27.7 Å². The molecule has 0 unspecified atom stereocenters. The molecule has 30 heavy (non-hydrogen) atoms. The van der Waals surface area contributed by atoms with Crippen LogP contribution in [0.1, 0.15) is 80.1 Å². The van der Waals surface area contributed by atoms with Crippen LogP contribution < -0.4 is 0 Å². The number of thiol groups is 2. The van der Waals surface area contributed by atoms with Crippen molar-refractivity contribution in [1.82, 2.24) is 0 Å². The zero-order valence-corrected chi connectivity index (χ0v) is 21.8. The van der Waals surface area contributed by atoms with Gasteiger partial charge in [0.05, 0.1) is 30.0 Å². The van der Waals surface area contributed by atoms with E-state index in [2.05, 4.69) is 46.9 Å². The first-order chi connectivity index (χ1) is 14.2. The minimum atomic E-state index is -0.552. The van der Waals surface area contributed by atoms with E-state index in [4.69, 9.17) is 9.47 Å². The maximum absolute atomic E-state index is 10.5. The first-order valence-electron chi connectivity index (χ1n) is 10.2. The Hall–Kier alpha value is -1.00. The zero-order valence-electron chi connectivity index (χ0n) is 19.2. The van der Waals surface area contributed by atoms with E-state index >= 15 is 0 Å². The van der Waals surface area contributed by atoms with E-state index < -0.39 is 6.16 Å². The summed E-state index contributed by atoms with van der Waals surface area (Å²) in [6.45, 7) is 13.4. The third-order valence-corrected chi connectivity index (χ3v) is 2.36. The van der Waals surface area contributed by atoms with Crippen LogP contribution in [0.2, 0.25) is 0 Å². The second-order valence-electron chi connectivity index (χ2n) is 5.38. The van der Waals surface area contributed by atoms with Crippen molar-refractivity contribution < 1.29 is 33.3 Å². The third kappa shape index (κ3) is 50.6. The molecule has 0 aliphatic heterocycles. The van der Waals surface area contributed by atoms with E-state index in [0.717, 1.165) is 25.7 Å². The molecule has 10 heteroatoms. The van der Waals surface area contributed by atoms with Crippen molar-refractivity contribution in [3.63, 3.8) is 0 Å². The summed E-state index contributed by atoms with van der Waals surface area (Å²) in [5.74, 6) is -0.210. The van der Waals surface area contributed by atoms with Crippen LogP contribution in [-0.4, -0.2) is 48.1 Å². The lowest BCUT2D eigenvalue weighted by Crippen LogP contribution is -2.08. The largest absolute Gasteiger partial charge is 0.508 e. The lowest BCUT2D eigenvalue weighted by atomic mass is 10.5. The van der Waals surface area contributed by atoms with E-state index in [1.54, 1.807) is 13.8 Å². The molecule has 0 rings (SSSR count). The molecule has 0 aliphatic carbocycles. The van der Waals surface area contributed by atoms with E-state index in [1.165, 1.54) is 0 Å². The average molecular weight is 489 g/mol. The molecule has 0 bridgehead atoms. The van der Waals surface area contributed by atoms with Gasteiger partial charge in [-0.1, -0.05) is 53.8 Å². The highest BCUT2D eigenvalue weighted by Crippen LogP contribution is 1.89. The summed E-state index contributed by atoms with van der Waals surface area (Å²) in [7, 11) is 0. The second-order valence-corrected chi connectivity index (χ2v) is 7.64. The van der Waals surface area contributed by atoms with Crippen molar-refractivity contribution >= 4 is 59.1 Å². The first kappa shape index (κ1) is 36.4. The highest BCUT2D eigenvalue weighted by atomic mass is 32.2. The monoisotopic (exact) mass is 488 g/mol. The van der Waals surface area contributed by atoms with Crippen LogP contribution in [0.3, 0.4) is 0 Å². The number of carbonyl (C=O) groups excluding carboxylic acids is 3. The van der Waals surface area contributed by atoms with Gasteiger partial charge in [0.2, 0.25) is 0 Å². The predicted octanol–water partition coefficient (Wildman–Crippen LogP) is 5.79. The highest BCUT2D eigenvalue weighted by Gasteiger charge is 1.99. The highest BCUT2D eigenvalue weighted by molar-refractivity contribution is 8.34. The van der Waals surface area contributed by atoms with Crippen molar-refractivity contribution in [1.29, 1.82) is 0 Å². The number of hydrogen-bond donors (Lipinski definition) is 2. The van der Waals surface area contributed by atoms with Gasteiger partial charge in [0.1, 0.15) is 0 Å². The Morgan fingerprint density at radius 1 is 0.600 bits per heavy atom. The van der Waals surface area contributed by atoms with Gasteiger partial charge in [-0.15, -0.1) is 25.3 Å². The average Bonchev–Trinajstić information content (AvgIpc) is 2.73. The second kappa shape index (κ2) is 32.7. The van der Waals surface area contributed by atoms with Gasteiger partial charge >= 0.3 is 18.1 Å². The van der Waals surface area contributed by atoms with Crippen molar-refractivity contribution in [3.8, 4) is 0 Å². The van der Waals surface area contributed by atoms with Crippen LogP contribution >= 0.6 is 37.5 Å². The van der Waals surface area contributed by atoms with Gasteiger partial charge in [-0.3, -0.25) is 9.59 Å². The predicted molar refractivity (Wildman–Crippen MR) is 132 cm³/mol. The molecular formula is C20H40O7S3. The number of ether oxygens (including phenoxy) is 4. The van der Waals surface area contributed by atoms with E-state index in [9.17, 15) is 14.4 Å². The molecule has 0 aromatic carbocycles. The Morgan fingerprint density at radius 3 is 1.03 bits per heavy atom. The van der Waals surface area contributed by atoms with Gasteiger partial charge < -0.3 is 18.9 Å². The summed E-state index contributed by atoms with van der Waals surface area (Å²) in [5, 5.41) is 0. The van der Waals surface area contributed by atoms with Gasteiger partial charge in [-0.05, 0) is 25.7 Å². The normalized spacial score (nSPS) is 8.53. The molecule has 0 radical (unpaired) electrons. The quantitative estimate of drug-likeness (QED) is 0.173. The first-order valence-corrected chi connectivity index (χ1v) is 11.5. The molecule has 0 atom stereocenters. The van der Waals surface area contributed by atoms with Gasteiger partial charge in [0.25, 0.3) is 0 Å². The molecule has 0 saturated heterocycles. The van der Waals surface area contributed by atoms with Crippen LogP contribution in [0.4, 0.5) is 4.79 Å². The summed E-state index contributed by atoms with van der Waals surface area (Å²) >= 11 is 11.4. The summed E-state index contributed by atoms with van der Waals surface area (Å²) in [5.41, 5.74) is 0. The summed E-state index contributed by atoms with van der Waals surface area (Å²) in [6.07, 6.45) is 3.91. The maximum Gasteiger partial charge on any atom is 0.508 e. The molecule has 0 heterocycles. The van der Waals surface area contributed by atoms with E-state index in [-0.39, 0.29) is 11.9 Å². The fraction of sp³-hybridized carbons (Fsp3) is 0.800. The molecular weight excluding hydrogens is 448 g/mol. The van der Waals surface area contributed by atoms with Crippen molar-refractivity contribution in [3.05, 3.63) is 0 Å². The number of thiocarbonyl (C=S) groups is 1. The number of rotatable bonds is 10. The minimum Gasteiger partial charge on any atom is -0.466 e. The van der Waals surface area contributed by atoms with Crippen molar-refractivity contribution in [2.75, 3.05) is 26.4 Å². The van der Waals surface area contributed by atoms with Gasteiger partial charge in [0, 0.05) is 12.8 Å². The molecule has 0 saturated carbocycles. The molecule has 180 valence electrons. The topological polar surface area (TPSA) is 88.1 Å². The molecule has 0 aliphatic rings.